The Labute approximate surface area is 166 Å². The number of benzene rings is 1. The number of nitrogens with zero attached hydrogens (tertiary/aromatic N) is 4. The predicted molar refractivity (Wildman–Crippen MR) is 110 cm³/mol. The summed E-state index contributed by atoms with van der Waals surface area (Å²) < 4.78 is 16.1. The average Bonchev–Trinajstić information content (AvgIpc) is 2.92. The van der Waals surface area contributed by atoms with E-state index in [0.29, 0.717) is 11.5 Å². The fourth-order valence-electron chi connectivity index (χ4n) is 3.54. The van der Waals surface area contributed by atoms with Gasteiger partial charge in [0.2, 0.25) is 0 Å². The molecule has 2 aromatic rings. The van der Waals surface area contributed by atoms with E-state index in [9.17, 15) is 4.39 Å². The van der Waals surface area contributed by atoms with E-state index in [4.69, 9.17) is 0 Å². The van der Waals surface area contributed by atoms with E-state index in [-0.39, 0.29) is 11.9 Å². The summed E-state index contributed by atoms with van der Waals surface area (Å²) in [5.74, 6) is 2.76. The molecule has 2 N–H and O–H groups in total. The summed E-state index contributed by atoms with van der Waals surface area (Å²) >= 11 is 0. The quantitative estimate of drug-likeness (QED) is 0.454. The summed E-state index contributed by atoms with van der Waals surface area (Å²) in [6, 6.07) is 5.30. The minimum absolute atomic E-state index is 0.0337. The molecule has 0 radical (unpaired) electrons. The molecule has 1 aliphatic rings. The molecule has 0 fully saturated rings. The van der Waals surface area contributed by atoms with Crippen LogP contribution < -0.4 is 10.6 Å². The highest BCUT2D eigenvalue weighted by molar-refractivity contribution is 5.80. The van der Waals surface area contributed by atoms with E-state index in [1.54, 1.807) is 26.1 Å². The molecule has 1 aromatic heterocycles. The lowest BCUT2D eigenvalue weighted by Crippen LogP contribution is -2.39. The van der Waals surface area contributed by atoms with Gasteiger partial charge in [0.25, 0.3) is 0 Å². The molecule has 3 rings (SSSR count). The molecule has 1 aliphatic heterocycles. The van der Waals surface area contributed by atoms with Crippen LogP contribution in [0.1, 0.15) is 61.4 Å². The van der Waals surface area contributed by atoms with Crippen LogP contribution in [-0.2, 0) is 19.4 Å². The van der Waals surface area contributed by atoms with Crippen LogP contribution >= 0.6 is 0 Å². The van der Waals surface area contributed by atoms with Crippen molar-refractivity contribution in [3.8, 4) is 0 Å². The molecular weight excluding hydrogens is 355 g/mol. The molecule has 0 amide bonds. The lowest BCUT2D eigenvalue weighted by Gasteiger charge is -2.18. The van der Waals surface area contributed by atoms with Crippen molar-refractivity contribution >= 4 is 5.96 Å². The second-order valence-electron chi connectivity index (χ2n) is 7.47. The van der Waals surface area contributed by atoms with E-state index in [2.05, 4.69) is 30.4 Å². The topological polar surface area (TPSA) is 67.1 Å². The first kappa shape index (κ1) is 20.3. The summed E-state index contributed by atoms with van der Waals surface area (Å²) in [4.78, 5) is 4.28. The smallest absolute Gasteiger partial charge is 0.191 e. The highest BCUT2D eigenvalue weighted by Crippen LogP contribution is 2.17. The van der Waals surface area contributed by atoms with Crippen LogP contribution in [0.4, 0.5) is 4.39 Å². The maximum atomic E-state index is 13.8. The molecule has 1 atom stereocenters. The first-order valence-corrected chi connectivity index (χ1v) is 10.2. The predicted octanol–water partition coefficient (Wildman–Crippen LogP) is 3.31. The van der Waals surface area contributed by atoms with Crippen molar-refractivity contribution in [3.05, 3.63) is 46.8 Å². The molecule has 152 valence electrons. The zero-order valence-corrected chi connectivity index (χ0v) is 17.1. The Morgan fingerprint density at radius 2 is 2.14 bits per heavy atom. The third-order valence-electron chi connectivity index (χ3n) is 5.33. The third-order valence-corrected chi connectivity index (χ3v) is 5.33. The number of hydrogen-bond acceptors (Lipinski definition) is 3. The number of aryl methyl sites for hydroxylation is 3. The number of aromatic nitrogens is 3. The number of rotatable bonds is 6. The largest absolute Gasteiger partial charge is 0.356 e. The SMILES string of the molecule is CN=C(NCCCc1nnc2n1CCCCC2)NC(C)c1ccc(C)c(F)c1. The molecule has 7 heteroatoms. The van der Waals surface area contributed by atoms with E-state index >= 15 is 0 Å². The van der Waals surface area contributed by atoms with Gasteiger partial charge in [0.05, 0.1) is 6.04 Å². The van der Waals surface area contributed by atoms with Gasteiger partial charge in [-0.05, 0) is 50.3 Å². The number of fused-ring (bicyclic) bond motifs is 1. The van der Waals surface area contributed by atoms with Gasteiger partial charge in [-0.2, -0.15) is 0 Å². The Hall–Kier alpha value is -2.44. The van der Waals surface area contributed by atoms with Crippen LogP contribution in [0.15, 0.2) is 23.2 Å². The molecule has 0 saturated heterocycles. The number of nitrogens with one attached hydrogen (secondary N) is 2. The second-order valence-corrected chi connectivity index (χ2v) is 7.47. The fraction of sp³-hybridized carbons (Fsp3) is 0.571. The molecule has 0 spiro atoms. The van der Waals surface area contributed by atoms with Crippen LogP contribution in [-0.4, -0.2) is 34.3 Å². The minimum Gasteiger partial charge on any atom is -0.356 e. The van der Waals surface area contributed by atoms with Crippen molar-refractivity contribution in [1.82, 2.24) is 25.4 Å². The number of hydrogen-bond donors (Lipinski definition) is 2. The van der Waals surface area contributed by atoms with Crippen LogP contribution in [0.5, 0.6) is 0 Å². The van der Waals surface area contributed by atoms with E-state index in [0.717, 1.165) is 49.6 Å². The Balaban J connectivity index is 1.47. The Morgan fingerprint density at radius 3 is 2.93 bits per heavy atom. The maximum Gasteiger partial charge on any atom is 0.191 e. The van der Waals surface area contributed by atoms with Crippen molar-refractivity contribution in [2.75, 3.05) is 13.6 Å². The Bertz CT molecular complexity index is 813. The van der Waals surface area contributed by atoms with Gasteiger partial charge in [0.15, 0.2) is 5.96 Å². The first-order chi connectivity index (χ1) is 13.6. The molecule has 1 aromatic carbocycles. The minimum atomic E-state index is -0.179. The van der Waals surface area contributed by atoms with E-state index < -0.39 is 0 Å². The zero-order chi connectivity index (χ0) is 19.9. The molecule has 2 heterocycles. The summed E-state index contributed by atoms with van der Waals surface area (Å²) in [5, 5.41) is 15.4. The fourth-order valence-corrected chi connectivity index (χ4v) is 3.54. The van der Waals surface area contributed by atoms with Gasteiger partial charge in [-0.25, -0.2) is 4.39 Å². The van der Waals surface area contributed by atoms with Gasteiger partial charge in [-0.15, -0.1) is 10.2 Å². The van der Waals surface area contributed by atoms with E-state index in [1.807, 2.05) is 13.0 Å². The lowest BCUT2D eigenvalue weighted by molar-refractivity contribution is 0.591. The van der Waals surface area contributed by atoms with Crippen LogP contribution in [0.25, 0.3) is 0 Å². The molecule has 0 saturated carbocycles. The van der Waals surface area contributed by atoms with E-state index in [1.165, 1.54) is 19.3 Å². The Kier molecular flexibility index (Phi) is 7.01. The lowest BCUT2D eigenvalue weighted by atomic mass is 10.1. The Morgan fingerprint density at radius 1 is 1.29 bits per heavy atom. The normalized spacial score (nSPS) is 15.6. The third kappa shape index (κ3) is 5.09. The van der Waals surface area contributed by atoms with Gasteiger partial charge in [-0.1, -0.05) is 18.6 Å². The number of halogens is 1. The molecule has 6 nitrogen and oxygen atoms in total. The summed E-state index contributed by atoms with van der Waals surface area (Å²) in [7, 11) is 1.75. The highest BCUT2D eigenvalue weighted by Gasteiger charge is 2.14. The number of aliphatic imine (C=N–C) groups is 1. The molecule has 0 aliphatic carbocycles. The average molecular weight is 387 g/mol. The molecular formula is C21H31FN6. The standard InChI is InChI=1S/C21H31FN6/c1-15-10-11-17(14-18(15)22)16(2)25-21(23-3)24-12-7-9-20-27-26-19-8-5-4-6-13-28(19)20/h10-11,14,16H,4-9,12-13H2,1-3H3,(H2,23,24,25). The molecule has 0 bridgehead atoms. The highest BCUT2D eigenvalue weighted by atomic mass is 19.1. The van der Waals surface area contributed by atoms with Crippen molar-refractivity contribution in [2.45, 2.75) is 65.0 Å². The summed E-state index contributed by atoms with van der Waals surface area (Å²) in [5.41, 5.74) is 1.56. The second kappa shape index (κ2) is 9.66. The van der Waals surface area contributed by atoms with Gasteiger partial charge in [0, 0.05) is 33.0 Å². The van der Waals surface area contributed by atoms with Crippen molar-refractivity contribution in [2.24, 2.45) is 4.99 Å². The first-order valence-electron chi connectivity index (χ1n) is 10.2. The zero-order valence-electron chi connectivity index (χ0n) is 17.1. The van der Waals surface area contributed by atoms with Crippen LogP contribution in [0, 0.1) is 12.7 Å². The van der Waals surface area contributed by atoms with Gasteiger partial charge < -0.3 is 15.2 Å². The molecule has 1 unspecified atom stereocenters. The summed E-state index contributed by atoms with van der Waals surface area (Å²) in [6.45, 7) is 5.60. The van der Waals surface area contributed by atoms with Gasteiger partial charge in [0.1, 0.15) is 17.5 Å². The molecule has 28 heavy (non-hydrogen) atoms. The maximum absolute atomic E-state index is 13.8. The van der Waals surface area contributed by atoms with Crippen molar-refractivity contribution in [3.63, 3.8) is 0 Å². The van der Waals surface area contributed by atoms with Crippen LogP contribution in [0.3, 0.4) is 0 Å². The van der Waals surface area contributed by atoms with Crippen molar-refractivity contribution in [1.29, 1.82) is 0 Å². The van der Waals surface area contributed by atoms with Crippen LogP contribution in [0.2, 0.25) is 0 Å². The number of guanidine groups is 1. The van der Waals surface area contributed by atoms with Gasteiger partial charge >= 0.3 is 0 Å². The van der Waals surface area contributed by atoms with Gasteiger partial charge in [-0.3, -0.25) is 4.99 Å². The summed E-state index contributed by atoms with van der Waals surface area (Å²) in [6.07, 6.45) is 6.59. The monoisotopic (exact) mass is 386 g/mol. The van der Waals surface area contributed by atoms with Crippen molar-refractivity contribution < 1.29 is 4.39 Å².